The molecule has 9 heteroatoms. The average molecular weight is 394 g/mol. The number of methoxy groups -OCH3 is 1. The molecule has 3 aromatic rings. The van der Waals surface area contributed by atoms with Crippen LogP contribution < -0.4 is 21.3 Å². The number of anilines is 1. The van der Waals surface area contributed by atoms with Crippen LogP contribution in [0.2, 0.25) is 5.02 Å². The first-order valence-corrected chi connectivity index (χ1v) is 8.90. The van der Waals surface area contributed by atoms with Crippen LogP contribution in [0.5, 0.6) is 5.75 Å². The molecular formula is C17H16ClN3O4S. The summed E-state index contributed by atoms with van der Waals surface area (Å²) in [6.45, 7) is 1.58. The lowest BCUT2D eigenvalue weighted by molar-refractivity contribution is -0.116. The third kappa shape index (κ3) is 3.13. The summed E-state index contributed by atoms with van der Waals surface area (Å²) in [5, 5.41) is 4.97. The molecule has 3 rings (SSSR count). The van der Waals surface area contributed by atoms with E-state index >= 15 is 0 Å². The number of halogens is 1. The first-order valence-electron chi connectivity index (χ1n) is 7.64. The number of carbonyl (C=O) groups excluding carboxylic acids is 1. The topological polar surface area (TPSA) is 82.3 Å². The van der Waals surface area contributed by atoms with Crippen LogP contribution in [-0.4, -0.2) is 22.2 Å². The number of carbonyl (C=O) groups is 1. The van der Waals surface area contributed by atoms with E-state index in [1.165, 1.54) is 30.1 Å². The maximum Gasteiger partial charge on any atom is 0.331 e. The van der Waals surface area contributed by atoms with E-state index in [0.717, 1.165) is 10.1 Å². The first kappa shape index (κ1) is 18.2. The highest BCUT2D eigenvalue weighted by Gasteiger charge is 2.16. The van der Waals surface area contributed by atoms with Crippen LogP contribution in [0.1, 0.15) is 5.56 Å². The quantitative estimate of drug-likeness (QED) is 0.737. The fourth-order valence-electron chi connectivity index (χ4n) is 2.61. The number of amides is 1. The van der Waals surface area contributed by atoms with Crippen LogP contribution in [0.4, 0.5) is 5.69 Å². The van der Waals surface area contributed by atoms with E-state index in [1.807, 2.05) is 6.92 Å². The van der Waals surface area contributed by atoms with Crippen molar-refractivity contribution in [3.63, 3.8) is 0 Å². The van der Waals surface area contributed by atoms with Crippen LogP contribution in [0.3, 0.4) is 0 Å². The van der Waals surface area contributed by atoms with Crippen molar-refractivity contribution in [2.45, 2.75) is 13.5 Å². The average Bonchev–Trinajstić information content (AvgIpc) is 3.09. The summed E-state index contributed by atoms with van der Waals surface area (Å²) in [5.74, 6) is 0.000658. The van der Waals surface area contributed by atoms with Gasteiger partial charge in [0, 0.05) is 18.1 Å². The van der Waals surface area contributed by atoms with E-state index in [4.69, 9.17) is 16.3 Å². The Balaban J connectivity index is 1.97. The Morgan fingerprint density at radius 2 is 2.08 bits per heavy atom. The number of fused-ring (bicyclic) bond motifs is 1. The summed E-state index contributed by atoms with van der Waals surface area (Å²) in [7, 11) is 2.87. The summed E-state index contributed by atoms with van der Waals surface area (Å²) in [6.07, 6.45) is 0. The molecule has 0 saturated carbocycles. The Morgan fingerprint density at radius 3 is 2.77 bits per heavy atom. The molecule has 0 atom stereocenters. The van der Waals surface area contributed by atoms with E-state index in [-0.39, 0.29) is 12.1 Å². The highest BCUT2D eigenvalue weighted by molar-refractivity contribution is 7.17. The van der Waals surface area contributed by atoms with E-state index in [2.05, 4.69) is 5.32 Å². The minimum Gasteiger partial charge on any atom is -0.495 e. The molecule has 0 aliphatic heterocycles. The molecule has 0 fully saturated rings. The molecule has 1 aromatic carbocycles. The molecule has 0 unspecified atom stereocenters. The van der Waals surface area contributed by atoms with Crippen molar-refractivity contribution in [3.8, 4) is 5.75 Å². The number of benzene rings is 1. The molecule has 2 aromatic heterocycles. The third-order valence-corrected chi connectivity index (χ3v) is 5.31. The third-order valence-electron chi connectivity index (χ3n) is 4.01. The van der Waals surface area contributed by atoms with Crippen LogP contribution in [0.15, 0.2) is 33.2 Å². The van der Waals surface area contributed by atoms with Crippen LogP contribution in [-0.2, 0) is 18.4 Å². The highest BCUT2D eigenvalue weighted by atomic mass is 35.5. The molecule has 0 saturated heterocycles. The minimum atomic E-state index is -0.546. The number of aryl methyl sites for hydroxylation is 1. The van der Waals surface area contributed by atoms with Crippen LogP contribution in [0.25, 0.3) is 10.2 Å². The van der Waals surface area contributed by atoms with Crippen molar-refractivity contribution in [2.24, 2.45) is 7.05 Å². The van der Waals surface area contributed by atoms with Gasteiger partial charge in [-0.2, -0.15) is 0 Å². The zero-order chi connectivity index (χ0) is 19.0. The van der Waals surface area contributed by atoms with Gasteiger partial charge in [-0.3, -0.25) is 18.7 Å². The van der Waals surface area contributed by atoms with Gasteiger partial charge in [0.25, 0.3) is 5.56 Å². The van der Waals surface area contributed by atoms with Crippen molar-refractivity contribution < 1.29 is 9.53 Å². The second-order valence-corrected chi connectivity index (χ2v) is 7.04. The molecule has 2 heterocycles. The molecule has 0 bridgehead atoms. The largest absolute Gasteiger partial charge is 0.495 e. The van der Waals surface area contributed by atoms with Gasteiger partial charge in [0.1, 0.15) is 17.0 Å². The van der Waals surface area contributed by atoms with Gasteiger partial charge in [0.05, 0.1) is 18.3 Å². The monoisotopic (exact) mass is 393 g/mol. The molecule has 26 heavy (non-hydrogen) atoms. The lowest BCUT2D eigenvalue weighted by Gasteiger charge is -2.13. The van der Waals surface area contributed by atoms with Crippen molar-refractivity contribution in [2.75, 3.05) is 12.4 Å². The smallest absolute Gasteiger partial charge is 0.331 e. The number of ether oxygens (including phenoxy) is 1. The molecule has 0 spiro atoms. The predicted octanol–water partition coefficient (Wildman–Crippen LogP) is 2.37. The normalized spacial score (nSPS) is 10.9. The maximum atomic E-state index is 12.5. The molecule has 0 aliphatic carbocycles. The maximum absolute atomic E-state index is 12.5. The molecule has 1 N–H and O–H groups in total. The standard InChI is InChI=1S/C17H16ClN3O4S/c1-9-6-11(13(25-3)7-10(9)18)19-14(22)8-21-12-4-5-26-15(12)16(23)20(2)17(21)24/h4-7H,8H2,1-3H3,(H,19,22). The summed E-state index contributed by atoms with van der Waals surface area (Å²) in [4.78, 5) is 37.1. The summed E-state index contributed by atoms with van der Waals surface area (Å²) in [6, 6.07) is 4.97. The Morgan fingerprint density at radius 1 is 1.35 bits per heavy atom. The highest BCUT2D eigenvalue weighted by Crippen LogP contribution is 2.31. The fraction of sp³-hybridized carbons (Fsp3) is 0.235. The summed E-state index contributed by atoms with van der Waals surface area (Å²) >= 11 is 7.30. The van der Waals surface area contributed by atoms with Crippen molar-refractivity contribution in [1.29, 1.82) is 0 Å². The van der Waals surface area contributed by atoms with Crippen molar-refractivity contribution >= 4 is 44.7 Å². The second-order valence-electron chi connectivity index (χ2n) is 5.72. The minimum absolute atomic E-state index is 0.231. The Hall–Kier alpha value is -2.58. The molecule has 1 amide bonds. The zero-order valence-corrected chi connectivity index (χ0v) is 15.9. The van der Waals surface area contributed by atoms with Gasteiger partial charge in [-0.1, -0.05) is 11.6 Å². The molecule has 0 aliphatic rings. The van der Waals surface area contributed by atoms with Crippen molar-refractivity contribution in [1.82, 2.24) is 9.13 Å². The van der Waals surface area contributed by atoms with Gasteiger partial charge >= 0.3 is 5.69 Å². The first-order chi connectivity index (χ1) is 12.3. The fourth-order valence-corrected chi connectivity index (χ4v) is 3.64. The van der Waals surface area contributed by atoms with E-state index in [0.29, 0.717) is 26.7 Å². The lowest BCUT2D eigenvalue weighted by Crippen LogP contribution is -2.39. The lowest BCUT2D eigenvalue weighted by atomic mass is 10.2. The van der Waals surface area contributed by atoms with E-state index < -0.39 is 11.6 Å². The van der Waals surface area contributed by atoms with E-state index in [1.54, 1.807) is 23.6 Å². The second kappa shape index (κ2) is 6.97. The number of hydrogen-bond acceptors (Lipinski definition) is 5. The summed E-state index contributed by atoms with van der Waals surface area (Å²) < 4.78 is 7.94. The Labute approximate surface area is 157 Å². The Kier molecular flexibility index (Phi) is 4.88. The predicted molar refractivity (Wildman–Crippen MR) is 103 cm³/mol. The number of nitrogens with zero attached hydrogens (tertiary/aromatic N) is 2. The number of hydrogen-bond donors (Lipinski definition) is 1. The number of aromatic nitrogens is 2. The molecule has 136 valence electrons. The molecule has 7 nitrogen and oxygen atoms in total. The van der Waals surface area contributed by atoms with Crippen molar-refractivity contribution in [3.05, 3.63) is 55.0 Å². The van der Waals surface area contributed by atoms with E-state index in [9.17, 15) is 14.4 Å². The van der Waals surface area contributed by atoms with Gasteiger partial charge in [0.2, 0.25) is 5.91 Å². The van der Waals surface area contributed by atoms with Gasteiger partial charge in [-0.25, -0.2) is 4.79 Å². The van der Waals surface area contributed by atoms with Gasteiger partial charge in [-0.05, 0) is 30.0 Å². The van der Waals surface area contributed by atoms with Crippen LogP contribution in [0, 0.1) is 6.92 Å². The number of rotatable bonds is 4. The SMILES string of the molecule is COc1cc(Cl)c(C)cc1NC(=O)Cn1c(=O)n(C)c(=O)c2sccc21. The molecule has 0 radical (unpaired) electrons. The zero-order valence-electron chi connectivity index (χ0n) is 14.3. The van der Waals surface area contributed by atoms with Gasteiger partial charge < -0.3 is 10.1 Å². The number of thiophene rings is 1. The molecular weight excluding hydrogens is 378 g/mol. The van der Waals surface area contributed by atoms with Gasteiger partial charge in [0.15, 0.2) is 0 Å². The van der Waals surface area contributed by atoms with Gasteiger partial charge in [-0.15, -0.1) is 11.3 Å². The number of nitrogens with one attached hydrogen (secondary N) is 1. The van der Waals surface area contributed by atoms with Crippen LogP contribution >= 0.6 is 22.9 Å². The summed E-state index contributed by atoms with van der Waals surface area (Å²) in [5.41, 5.74) is 0.764. The Bertz CT molecular complexity index is 1130.